The van der Waals surface area contributed by atoms with E-state index in [1.165, 1.54) is 6.92 Å². The molecule has 0 aliphatic carbocycles. The summed E-state index contributed by atoms with van der Waals surface area (Å²) in [4.78, 5) is 22.1. The van der Waals surface area contributed by atoms with E-state index in [0.717, 1.165) is 36.5 Å². The first kappa shape index (κ1) is 14.9. The van der Waals surface area contributed by atoms with Gasteiger partial charge in [0, 0.05) is 31.8 Å². The van der Waals surface area contributed by atoms with Crippen LogP contribution < -0.4 is 5.32 Å². The number of carbonyl (C=O) groups is 1. The Morgan fingerprint density at radius 3 is 3.10 bits per heavy atom. The normalized spacial score (nSPS) is 19.2. The average Bonchev–Trinajstić information content (AvgIpc) is 2.85. The third-order valence-electron chi connectivity index (χ3n) is 3.61. The monoisotopic (exact) mass is 278 g/mol. The molecule has 0 saturated carbocycles. The summed E-state index contributed by atoms with van der Waals surface area (Å²) in [5, 5.41) is 12.0. The van der Waals surface area contributed by atoms with Gasteiger partial charge >= 0.3 is 0 Å². The average molecular weight is 278 g/mol. The van der Waals surface area contributed by atoms with E-state index >= 15 is 0 Å². The van der Waals surface area contributed by atoms with Crippen molar-refractivity contribution in [3.05, 3.63) is 23.3 Å². The summed E-state index contributed by atoms with van der Waals surface area (Å²) in [6.45, 7) is 5.62. The fraction of sp³-hybridized carbons (Fsp3) is 0.643. The van der Waals surface area contributed by atoms with Crippen LogP contribution in [-0.2, 0) is 11.3 Å². The molecule has 1 amide bonds. The van der Waals surface area contributed by atoms with E-state index in [0.29, 0.717) is 13.1 Å². The highest BCUT2D eigenvalue weighted by molar-refractivity contribution is 5.72. The van der Waals surface area contributed by atoms with Crippen LogP contribution in [-0.4, -0.2) is 45.6 Å². The molecule has 0 spiro atoms. The lowest BCUT2D eigenvalue weighted by Gasteiger charge is -2.25. The third kappa shape index (κ3) is 3.52. The Morgan fingerprint density at radius 2 is 2.40 bits per heavy atom. The molecular formula is C14H22N4O2. The first-order valence-corrected chi connectivity index (χ1v) is 7.03. The van der Waals surface area contributed by atoms with Gasteiger partial charge in [-0.25, -0.2) is 9.97 Å². The number of aromatic nitrogens is 2. The lowest BCUT2D eigenvalue weighted by molar-refractivity contribution is -0.119. The molecule has 2 heterocycles. The van der Waals surface area contributed by atoms with Crippen LogP contribution in [0.25, 0.3) is 0 Å². The molecule has 1 unspecified atom stereocenters. The maximum Gasteiger partial charge on any atom is 0.217 e. The molecule has 110 valence electrons. The highest BCUT2D eigenvalue weighted by Gasteiger charge is 2.28. The zero-order valence-corrected chi connectivity index (χ0v) is 12.1. The summed E-state index contributed by atoms with van der Waals surface area (Å²) in [5.74, 6) is 0.678. The van der Waals surface area contributed by atoms with Crippen molar-refractivity contribution < 1.29 is 9.90 Å². The van der Waals surface area contributed by atoms with Crippen LogP contribution in [0.4, 0.5) is 0 Å². The van der Waals surface area contributed by atoms with E-state index in [9.17, 15) is 4.79 Å². The summed E-state index contributed by atoms with van der Waals surface area (Å²) >= 11 is 0. The van der Waals surface area contributed by atoms with E-state index in [-0.39, 0.29) is 18.6 Å². The van der Waals surface area contributed by atoms with Gasteiger partial charge in [0.1, 0.15) is 5.82 Å². The van der Waals surface area contributed by atoms with Crippen LogP contribution >= 0.6 is 0 Å². The number of likely N-dealkylation sites (tertiary alicyclic amines) is 1. The van der Waals surface area contributed by atoms with Gasteiger partial charge in [-0.3, -0.25) is 9.69 Å². The number of nitrogens with zero attached hydrogens (tertiary/aromatic N) is 3. The van der Waals surface area contributed by atoms with Crippen molar-refractivity contribution in [2.45, 2.75) is 39.3 Å². The van der Waals surface area contributed by atoms with E-state index < -0.39 is 0 Å². The summed E-state index contributed by atoms with van der Waals surface area (Å²) in [7, 11) is 0. The van der Waals surface area contributed by atoms with Crippen LogP contribution in [0, 0.1) is 6.92 Å². The zero-order chi connectivity index (χ0) is 14.5. The second-order valence-electron chi connectivity index (χ2n) is 5.16. The number of aryl methyl sites for hydroxylation is 1. The van der Waals surface area contributed by atoms with E-state index in [4.69, 9.17) is 5.11 Å². The number of aliphatic hydroxyl groups is 1. The first-order valence-electron chi connectivity index (χ1n) is 7.03. The molecule has 1 aliphatic rings. The Kier molecular flexibility index (Phi) is 5.03. The summed E-state index contributed by atoms with van der Waals surface area (Å²) < 4.78 is 0. The van der Waals surface area contributed by atoms with Crippen LogP contribution in [0.5, 0.6) is 0 Å². The van der Waals surface area contributed by atoms with Crippen molar-refractivity contribution in [1.82, 2.24) is 20.2 Å². The van der Waals surface area contributed by atoms with Crippen molar-refractivity contribution in [1.29, 1.82) is 0 Å². The molecule has 1 aromatic rings. The van der Waals surface area contributed by atoms with Gasteiger partial charge in [0.15, 0.2) is 0 Å². The van der Waals surface area contributed by atoms with Gasteiger partial charge in [0.25, 0.3) is 0 Å². The predicted octanol–water partition coefficient (Wildman–Crippen LogP) is 0.550. The molecule has 20 heavy (non-hydrogen) atoms. The number of rotatable bonds is 5. The second-order valence-corrected chi connectivity index (χ2v) is 5.16. The summed E-state index contributed by atoms with van der Waals surface area (Å²) in [5.41, 5.74) is 1.94. The molecule has 1 saturated heterocycles. The van der Waals surface area contributed by atoms with Gasteiger partial charge < -0.3 is 10.4 Å². The minimum Gasteiger partial charge on any atom is -0.395 e. The molecule has 6 nitrogen and oxygen atoms in total. The van der Waals surface area contributed by atoms with Crippen molar-refractivity contribution in [2.24, 2.45) is 0 Å². The zero-order valence-electron chi connectivity index (χ0n) is 12.1. The molecular weight excluding hydrogens is 256 g/mol. The smallest absolute Gasteiger partial charge is 0.217 e. The molecule has 0 bridgehead atoms. The van der Waals surface area contributed by atoms with E-state index in [2.05, 4.69) is 20.2 Å². The predicted molar refractivity (Wildman–Crippen MR) is 74.9 cm³/mol. The molecule has 1 aromatic heterocycles. The van der Waals surface area contributed by atoms with Crippen molar-refractivity contribution >= 4 is 5.91 Å². The quantitative estimate of drug-likeness (QED) is 0.822. The fourth-order valence-corrected chi connectivity index (χ4v) is 2.69. The van der Waals surface area contributed by atoms with Gasteiger partial charge in [-0.2, -0.15) is 0 Å². The lowest BCUT2D eigenvalue weighted by atomic mass is 10.1. The molecule has 0 radical (unpaired) electrons. The maximum atomic E-state index is 11.1. The lowest BCUT2D eigenvalue weighted by Crippen LogP contribution is -2.29. The highest BCUT2D eigenvalue weighted by atomic mass is 16.3. The first-order chi connectivity index (χ1) is 9.61. The van der Waals surface area contributed by atoms with Gasteiger partial charge in [0.2, 0.25) is 5.91 Å². The standard InChI is InChI=1S/C14H22N4O2/c1-10-15-8-12(9-16-11(2)20)14(17-10)13-4-3-5-18(13)6-7-19/h8,13,19H,3-7,9H2,1-2H3,(H,16,20). The molecule has 6 heteroatoms. The number of nitrogens with one attached hydrogen (secondary N) is 1. The van der Waals surface area contributed by atoms with E-state index in [1.54, 1.807) is 6.20 Å². The van der Waals surface area contributed by atoms with Crippen LogP contribution in [0.2, 0.25) is 0 Å². The van der Waals surface area contributed by atoms with Gasteiger partial charge in [-0.05, 0) is 26.3 Å². The number of amides is 1. The van der Waals surface area contributed by atoms with Gasteiger partial charge in [0.05, 0.1) is 18.3 Å². The maximum absolute atomic E-state index is 11.1. The molecule has 1 fully saturated rings. The number of β-amino-alcohol motifs (C(OH)–C–C–N with tert-alkyl or cyclic N) is 1. The van der Waals surface area contributed by atoms with Crippen molar-refractivity contribution in [3.8, 4) is 0 Å². The highest BCUT2D eigenvalue weighted by Crippen LogP contribution is 2.32. The van der Waals surface area contributed by atoms with Crippen molar-refractivity contribution in [2.75, 3.05) is 19.7 Å². The molecule has 2 rings (SSSR count). The fourth-order valence-electron chi connectivity index (χ4n) is 2.69. The molecule has 1 aliphatic heterocycles. The van der Waals surface area contributed by atoms with Gasteiger partial charge in [-0.15, -0.1) is 0 Å². The van der Waals surface area contributed by atoms with Crippen molar-refractivity contribution in [3.63, 3.8) is 0 Å². The third-order valence-corrected chi connectivity index (χ3v) is 3.61. The Morgan fingerprint density at radius 1 is 1.60 bits per heavy atom. The molecule has 1 atom stereocenters. The SMILES string of the molecule is CC(=O)NCc1cnc(C)nc1C1CCCN1CCO. The number of carbonyl (C=O) groups excluding carboxylic acids is 1. The van der Waals surface area contributed by atoms with Crippen LogP contribution in [0.3, 0.4) is 0 Å². The minimum absolute atomic E-state index is 0.0600. The van der Waals surface area contributed by atoms with Gasteiger partial charge in [-0.1, -0.05) is 0 Å². The molecule has 0 aromatic carbocycles. The largest absolute Gasteiger partial charge is 0.395 e. The van der Waals surface area contributed by atoms with Crippen LogP contribution in [0.1, 0.15) is 42.9 Å². The Balaban J connectivity index is 2.23. The van der Waals surface area contributed by atoms with Crippen LogP contribution in [0.15, 0.2) is 6.20 Å². The number of hydrogen-bond acceptors (Lipinski definition) is 5. The molecule has 2 N–H and O–H groups in total. The number of hydrogen-bond donors (Lipinski definition) is 2. The Labute approximate surface area is 119 Å². The minimum atomic E-state index is -0.0600. The number of aliphatic hydroxyl groups excluding tert-OH is 1. The summed E-state index contributed by atoms with van der Waals surface area (Å²) in [6, 6.07) is 0.215. The summed E-state index contributed by atoms with van der Waals surface area (Å²) in [6.07, 6.45) is 3.93. The second kappa shape index (κ2) is 6.76. The topological polar surface area (TPSA) is 78.4 Å². The Bertz CT molecular complexity index is 478. The van der Waals surface area contributed by atoms with E-state index in [1.807, 2.05) is 6.92 Å². The Hall–Kier alpha value is -1.53.